The molecule has 0 saturated heterocycles. The molecule has 0 aromatic rings. The highest BCUT2D eigenvalue weighted by Gasteiger charge is 2.58. The van der Waals surface area contributed by atoms with Gasteiger partial charge >= 0.3 is 12.1 Å². The Hall–Kier alpha value is -1.53. The van der Waals surface area contributed by atoms with Crippen LogP contribution in [-0.2, 0) is 19.1 Å². The number of ether oxygens (including phenoxy) is 2. The molecule has 1 aliphatic heterocycles. The SMILES string of the molecule is CC(=O)O[C@]12CCC[C@H]1OC(C(F)(F)F)=CC2=O. The van der Waals surface area contributed by atoms with E-state index in [1.807, 2.05) is 0 Å². The lowest BCUT2D eigenvalue weighted by atomic mass is 9.91. The van der Waals surface area contributed by atoms with Gasteiger partial charge in [0.25, 0.3) is 0 Å². The normalized spacial score (nSPS) is 31.4. The van der Waals surface area contributed by atoms with Crippen molar-refractivity contribution in [3.8, 4) is 0 Å². The van der Waals surface area contributed by atoms with E-state index in [1.165, 1.54) is 0 Å². The zero-order chi connectivity index (χ0) is 13.6. The molecule has 2 atom stereocenters. The first-order valence-electron chi connectivity index (χ1n) is 5.45. The molecule has 4 nitrogen and oxygen atoms in total. The molecule has 100 valence electrons. The van der Waals surface area contributed by atoms with Crippen molar-refractivity contribution in [1.29, 1.82) is 0 Å². The average molecular weight is 264 g/mol. The van der Waals surface area contributed by atoms with Gasteiger partial charge in [-0.3, -0.25) is 9.59 Å². The smallest absolute Gasteiger partial charge is 0.449 e. The van der Waals surface area contributed by atoms with E-state index in [1.54, 1.807) is 0 Å². The lowest BCUT2D eigenvalue weighted by Crippen LogP contribution is -2.52. The molecule has 0 bridgehead atoms. The summed E-state index contributed by atoms with van der Waals surface area (Å²) in [7, 11) is 0. The number of carbonyl (C=O) groups is 2. The molecule has 1 heterocycles. The van der Waals surface area contributed by atoms with E-state index >= 15 is 0 Å². The van der Waals surface area contributed by atoms with E-state index in [-0.39, 0.29) is 12.8 Å². The molecule has 1 saturated carbocycles. The maximum atomic E-state index is 12.5. The maximum absolute atomic E-state index is 12.5. The van der Waals surface area contributed by atoms with Crippen LogP contribution in [-0.4, -0.2) is 29.6 Å². The maximum Gasteiger partial charge on any atom is 0.449 e. The largest absolute Gasteiger partial charge is 0.481 e. The molecule has 18 heavy (non-hydrogen) atoms. The lowest BCUT2D eigenvalue weighted by molar-refractivity contribution is -0.191. The van der Waals surface area contributed by atoms with E-state index in [0.29, 0.717) is 12.5 Å². The highest BCUT2D eigenvalue weighted by Crippen LogP contribution is 2.44. The first-order chi connectivity index (χ1) is 8.25. The number of alkyl halides is 3. The first-order valence-corrected chi connectivity index (χ1v) is 5.45. The van der Waals surface area contributed by atoms with Gasteiger partial charge in [-0.05, 0) is 19.3 Å². The van der Waals surface area contributed by atoms with Crippen LogP contribution in [0.3, 0.4) is 0 Å². The van der Waals surface area contributed by atoms with E-state index in [4.69, 9.17) is 9.47 Å². The van der Waals surface area contributed by atoms with Crippen LogP contribution >= 0.6 is 0 Å². The summed E-state index contributed by atoms with van der Waals surface area (Å²) >= 11 is 0. The molecule has 0 radical (unpaired) electrons. The van der Waals surface area contributed by atoms with Crippen molar-refractivity contribution in [3.63, 3.8) is 0 Å². The minimum absolute atomic E-state index is 0.192. The molecule has 0 amide bonds. The molecule has 0 unspecified atom stereocenters. The Kier molecular flexibility index (Phi) is 2.87. The summed E-state index contributed by atoms with van der Waals surface area (Å²) < 4.78 is 47.3. The number of hydrogen-bond acceptors (Lipinski definition) is 4. The van der Waals surface area contributed by atoms with Crippen LogP contribution in [0.15, 0.2) is 11.8 Å². The molecule has 0 aromatic heterocycles. The van der Waals surface area contributed by atoms with E-state index in [2.05, 4.69) is 0 Å². The number of esters is 1. The first kappa shape index (κ1) is 12.9. The van der Waals surface area contributed by atoms with Gasteiger partial charge in [-0.2, -0.15) is 13.2 Å². The van der Waals surface area contributed by atoms with Gasteiger partial charge in [0.05, 0.1) is 0 Å². The molecule has 0 N–H and O–H groups in total. The Morgan fingerprint density at radius 2 is 2.22 bits per heavy atom. The van der Waals surface area contributed by atoms with Crippen LogP contribution in [0.1, 0.15) is 26.2 Å². The minimum Gasteiger partial charge on any atom is -0.481 e. The summed E-state index contributed by atoms with van der Waals surface area (Å²) in [6, 6.07) is 0. The van der Waals surface area contributed by atoms with Crippen LogP contribution in [0.4, 0.5) is 13.2 Å². The average Bonchev–Trinajstić information content (AvgIpc) is 2.59. The highest BCUT2D eigenvalue weighted by molar-refractivity contribution is 6.00. The Morgan fingerprint density at radius 3 is 2.78 bits per heavy atom. The van der Waals surface area contributed by atoms with Crippen LogP contribution in [0.5, 0.6) is 0 Å². The lowest BCUT2D eigenvalue weighted by Gasteiger charge is -2.36. The van der Waals surface area contributed by atoms with Gasteiger partial charge in [-0.25, -0.2) is 0 Å². The molecule has 0 spiro atoms. The molecular weight excluding hydrogens is 253 g/mol. The zero-order valence-corrected chi connectivity index (χ0v) is 9.54. The predicted molar refractivity (Wildman–Crippen MR) is 52.4 cm³/mol. The summed E-state index contributed by atoms with van der Waals surface area (Å²) in [4.78, 5) is 22.9. The van der Waals surface area contributed by atoms with E-state index in [9.17, 15) is 22.8 Å². The number of hydrogen-bond donors (Lipinski definition) is 0. The van der Waals surface area contributed by atoms with Crippen LogP contribution in [0.25, 0.3) is 0 Å². The molecule has 2 aliphatic rings. The van der Waals surface area contributed by atoms with Gasteiger partial charge in [0, 0.05) is 13.0 Å². The predicted octanol–water partition coefficient (Wildman–Crippen LogP) is 1.89. The van der Waals surface area contributed by atoms with Crippen molar-refractivity contribution in [2.45, 2.75) is 44.1 Å². The van der Waals surface area contributed by atoms with Gasteiger partial charge < -0.3 is 9.47 Å². The van der Waals surface area contributed by atoms with Crippen LogP contribution in [0.2, 0.25) is 0 Å². The fourth-order valence-corrected chi connectivity index (χ4v) is 2.38. The number of halogens is 3. The van der Waals surface area contributed by atoms with Crippen molar-refractivity contribution in [1.82, 2.24) is 0 Å². The summed E-state index contributed by atoms with van der Waals surface area (Å²) in [5.41, 5.74) is -1.57. The fourth-order valence-electron chi connectivity index (χ4n) is 2.38. The molecule has 2 rings (SSSR count). The number of fused-ring (bicyclic) bond motifs is 1. The molecule has 7 heteroatoms. The van der Waals surface area contributed by atoms with Crippen molar-refractivity contribution in [2.75, 3.05) is 0 Å². The number of ketones is 1. The quantitative estimate of drug-likeness (QED) is 0.679. The topological polar surface area (TPSA) is 52.6 Å². The summed E-state index contributed by atoms with van der Waals surface area (Å²) in [5.74, 6) is -2.87. The summed E-state index contributed by atoms with van der Waals surface area (Å²) in [5, 5.41) is 0. The molecule has 1 aliphatic carbocycles. The highest BCUT2D eigenvalue weighted by atomic mass is 19.4. The van der Waals surface area contributed by atoms with Gasteiger partial charge in [0.15, 0.2) is 0 Å². The summed E-state index contributed by atoms with van der Waals surface area (Å²) in [6.45, 7) is 1.11. The van der Waals surface area contributed by atoms with Crippen molar-refractivity contribution in [2.24, 2.45) is 0 Å². The van der Waals surface area contributed by atoms with Gasteiger partial charge in [-0.15, -0.1) is 0 Å². The van der Waals surface area contributed by atoms with E-state index < -0.39 is 35.4 Å². The second kappa shape index (κ2) is 4.00. The Bertz CT molecular complexity index is 426. The number of allylic oxidation sites excluding steroid dienone is 1. The standard InChI is InChI=1S/C11H11F3O4/c1-6(15)18-10-4-2-3-8(10)17-9(5-7(10)16)11(12,13)14/h5,8H,2-4H2,1H3/t8-,10+/m1/s1. The molecular formula is C11H11F3O4. The third kappa shape index (κ3) is 1.97. The Labute approximate surface area is 101 Å². The number of rotatable bonds is 1. The van der Waals surface area contributed by atoms with Crippen LogP contribution < -0.4 is 0 Å². The number of carbonyl (C=O) groups excluding carboxylic acids is 2. The van der Waals surface area contributed by atoms with Gasteiger partial charge in [0.2, 0.25) is 17.1 Å². The fraction of sp³-hybridized carbons (Fsp3) is 0.636. The van der Waals surface area contributed by atoms with Crippen LogP contribution in [0, 0.1) is 0 Å². The minimum atomic E-state index is -4.71. The second-order valence-corrected chi connectivity index (χ2v) is 4.35. The van der Waals surface area contributed by atoms with Crippen molar-refractivity contribution < 1.29 is 32.2 Å². The zero-order valence-electron chi connectivity index (χ0n) is 9.54. The van der Waals surface area contributed by atoms with E-state index in [0.717, 1.165) is 6.92 Å². The van der Waals surface area contributed by atoms with Gasteiger partial charge in [0.1, 0.15) is 6.10 Å². The molecule has 0 aromatic carbocycles. The monoisotopic (exact) mass is 264 g/mol. The second-order valence-electron chi connectivity index (χ2n) is 4.35. The van der Waals surface area contributed by atoms with Gasteiger partial charge in [-0.1, -0.05) is 0 Å². The Balaban J connectivity index is 2.35. The van der Waals surface area contributed by atoms with Crippen molar-refractivity contribution in [3.05, 3.63) is 11.8 Å². The molecule has 1 fully saturated rings. The Morgan fingerprint density at radius 1 is 1.56 bits per heavy atom. The third-order valence-corrected chi connectivity index (χ3v) is 3.09. The third-order valence-electron chi connectivity index (χ3n) is 3.09. The van der Waals surface area contributed by atoms with Crippen molar-refractivity contribution >= 4 is 11.8 Å². The summed E-state index contributed by atoms with van der Waals surface area (Å²) in [6.07, 6.45) is -4.45.